The lowest BCUT2D eigenvalue weighted by Gasteiger charge is -2.30. The van der Waals surface area contributed by atoms with Gasteiger partial charge in [0.15, 0.2) is 0 Å². The van der Waals surface area contributed by atoms with Crippen molar-refractivity contribution >= 4 is 5.97 Å². The molecule has 1 aliphatic rings. The van der Waals surface area contributed by atoms with E-state index in [0.29, 0.717) is 6.42 Å². The molecule has 4 atom stereocenters. The van der Waals surface area contributed by atoms with Gasteiger partial charge in [-0.1, -0.05) is 13.8 Å². The Morgan fingerprint density at radius 1 is 1.56 bits per heavy atom. The first-order chi connectivity index (χ1) is 7.46. The van der Waals surface area contributed by atoms with Gasteiger partial charge in [0.05, 0.1) is 11.7 Å². The Kier molecular flexibility index (Phi) is 3.98. The molecule has 0 radical (unpaired) electrons. The van der Waals surface area contributed by atoms with E-state index in [0.717, 1.165) is 6.42 Å². The largest absolute Gasteiger partial charge is 0.459 e. The van der Waals surface area contributed by atoms with Gasteiger partial charge in [0.1, 0.15) is 6.10 Å². The van der Waals surface area contributed by atoms with Gasteiger partial charge in [0.2, 0.25) is 0 Å². The second-order valence-electron chi connectivity index (χ2n) is 4.48. The molecule has 0 aromatic carbocycles. The van der Waals surface area contributed by atoms with E-state index in [2.05, 4.69) is 12.8 Å². The zero-order chi connectivity index (χ0) is 12.3. The van der Waals surface area contributed by atoms with Crippen molar-refractivity contribution in [2.75, 3.05) is 0 Å². The third kappa shape index (κ3) is 2.22. The predicted octanol–water partition coefficient (Wildman–Crippen LogP) is 2.15. The number of hydrogen-bond donors (Lipinski definition) is 0. The smallest absolute Gasteiger partial charge is 0.303 e. The molecule has 3 nitrogen and oxygen atoms in total. The van der Waals surface area contributed by atoms with Crippen LogP contribution in [0.4, 0.5) is 0 Å². The summed E-state index contributed by atoms with van der Waals surface area (Å²) in [6, 6.07) is 0. The van der Waals surface area contributed by atoms with Crippen LogP contribution in [0.15, 0.2) is 0 Å². The van der Waals surface area contributed by atoms with E-state index in [4.69, 9.17) is 15.9 Å². The fraction of sp³-hybridized carbons (Fsp3) is 0.769. The molecule has 1 fully saturated rings. The minimum atomic E-state index is -0.339. The van der Waals surface area contributed by atoms with Gasteiger partial charge in [0.25, 0.3) is 0 Å². The number of rotatable bonds is 3. The third-order valence-corrected chi connectivity index (χ3v) is 3.51. The molecule has 90 valence electrons. The number of ether oxygens (including phenoxy) is 2. The Bertz CT molecular complexity index is 305. The normalized spacial score (nSPS) is 38.1. The maximum absolute atomic E-state index is 11.0. The molecule has 0 aromatic heterocycles. The molecule has 1 heterocycles. The van der Waals surface area contributed by atoms with Crippen molar-refractivity contribution in [3.63, 3.8) is 0 Å². The Labute approximate surface area is 97.5 Å². The zero-order valence-electron chi connectivity index (χ0n) is 10.4. The van der Waals surface area contributed by atoms with Gasteiger partial charge >= 0.3 is 5.97 Å². The van der Waals surface area contributed by atoms with Crippen LogP contribution in [0.25, 0.3) is 0 Å². The van der Waals surface area contributed by atoms with E-state index in [1.54, 1.807) is 0 Å². The van der Waals surface area contributed by atoms with Crippen LogP contribution in [-0.4, -0.2) is 23.8 Å². The van der Waals surface area contributed by atoms with E-state index in [1.165, 1.54) is 6.92 Å². The van der Waals surface area contributed by atoms with Crippen molar-refractivity contribution < 1.29 is 14.3 Å². The lowest BCUT2D eigenvalue weighted by Crippen LogP contribution is -2.36. The highest BCUT2D eigenvalue weighted by atomic mass is 16.6. The number of carbonyl (C=O) groups excluding carboxylic acids is 1. The summed E-state index contributed by atoms with van der Waals surface area (Å²) < 4.78 is 11.3. The average Bonchev–Trinajstić information content (AvgIpc) is 2.44. The predicted molar refractivity (Wildman–Crippen MR) is 61.7 cm³/mol. The molecule has 16 heavy (non-hydrogen) atoms. The highest BCUT2D eigenvalue weighted by Crippen LogP contribution is 2.42. The molecule has 1 rings (SSSR count). The molecule has 0 unspecified atom stereocenters. The van der Waals surface area contributed by atoms with Crippen LogP contribution in [0.1, 0.15) is 40.5 Å². The lowest BCUT2D eigenvalue weighted by atomic mass is 9.82. The fourth-order valence-electron chi connectivity index (χ4n) is 2.55. The summed E-state index contributed by atoms with van der Waals surface area (Å²) in [5, 5.41) is 0. The van der Waals surface area contributed by atoms with Gasteiger partial charge in [-0.05, 0) is 13.3 Å². The molecular formula is C13H20O3. The van der Waals surface area contributed by atoms with Crippen LogP contribution in [0.3, 0.4) is 0 Å². The van der Waals surface area contributed by atoms with Crippen LogP contribution in [0.5, 0.6) is 0 Å². The quantitative estimate of drug-likeness (QED) is 0.544. The molecule has 0 aliphatic carbocycles. The van der Waals surface area contributed by atoms with E-state index < -0.39 is 0 Å². The van der Waals surface area contributed by atoms with Gasteiger partial charge in [-0.2, -0.15) is 0 Å². The van der Waals surface area contributed by atoms with Crippen molar-refractivity contribution in [2.24, 2.45) is 5.92 Å². The summed E-state index contributed by atoms with van der Waals surface area (Å²) in [6.07, 6.45) is 6.50. The summed E-state index contributed by atoms with van der Waals surface area (Å²) >= 11 is 0. The minimum Gasteiger partial charge on any atom is -0.459 e. The summed E-state index contributed by atoms with van der Waals surface area (Å²) in [7, 11) is 0. The summed E-state index contributed by atoms with van der Waals surface area (Å²) in [5.74, 6) is 2.53. The lowest BCUT2D eigenvalue weighted by molar-refractivity contribution is -0.150. The first kappa shape index (κ1) is 13.1. The Morgan fingerprint density at radius 3 is 2.62 bits per heavy atom. The SMILES string of the molecule is C#CC[C@@]1(CC)O[C@@H](C)[C@H](OC(C)=O)[C@H]1C. The van der Waals surface area contributed by atoms with Gasteiger partial charge < -0.3 is 9.47 Å². The van der Waals surface area contributed by atoms with Crippen LogP contribution < -0.4 is 0 Å². The standard InChI is InChI=1S/C13H20O3/c1-6-8-13(7-2)9(3)12(10(4)16-13)15-11(5)14/h1,9-10,12H,7-8H2,2-5H3/t9-,10+,12-,13-/m1/s1. The van der Waals surface area contributed by atoms with Gasteiger partial charge in [0, 0.05) is 19.3 Å². The molecule has 1 aliphatic heterocycles. The molecule has 0 spiro atoms. The summed E-state index contributed by atoms with van der Waals surface area (Å²) in [5.41, 5.74) is -0.339. The van der Waals surface area contributed by atoms with Gasteiger partial charge in [-0.15, -0.1) is 12.3 Å². The number of esters is 1. The van der Waals surface area contributed by atoms with Crippen molar-refractivity contribution in [3.8, 4) is 12.3 Å². The molecule has 0 amide bonds. The van der Waals surface area contributed by atoms with Crippen molar-refractivity contribution in [2.45, 2.75) is 58.3 Å². The number of carbonyl (C=O) groups is 1. The summed E-state index contributed by atoms with van der Waals surface area (Å²) in [6.45, 7) is 7.44. The highest BCUT2D eigenvalue weighted by molar-refractivity contribution is 5.66. The Balaban J connectivity index is 2.87. The Hall–Kier alpha value is -1.01. The fourth-order valence-corrected chi connectivity index (χ4v) is 2.55. The third-order valence-electron chi connectivity index (χ3n) is 3.51. The summed E-state index contributed by atoms with van der Waals surface area (Å²) in [4.78, 5) is 11.0. The maximum Gasteiger partial charge on any atom is 0.303 e. The zero-order valence-corrected chi connectivity index (χ0v) is 10.4. The molecule has 0 aromatic rings. The van der Waals surface area contributed by atoms with Crippen molar-refractivity contribution in [1.82, 2.24) is 0 Å². The first-order valence-electron chi connectivity index (χ1n) is 5.75. The molecule has 0 N–H and O–H groups in total. The second-order valence-corrected chi connectivity index (χ2v) is 4.48. The topological polar surface area (TPSA) is 35.5 Å². The van der Waals surface area contributed by atoms with Crippen molar-refractivity contribution in [1.29, 1.82) is 0 Å². The van der Waals surface area contributed by atoms with E-state index in [1.807, 2.05) is 13.8 Å². The van der Waals surface area contributed by atoms with Gasteiger partial charge in [-0.25, -0.2) is 0 Å². The highest BCUT2D eigenvalue weighted by Gasteiger charge is 2.51. The molecule has 3 heteroatoms. The molecule has 0 saturated carbocycles. The van der Waals surface area contributed by atoms with Crippen molar-refractivity contribution in [3.05, 3.63) is 0 Å². The number of hydrogen-bond acceptors (Lipinski definition) is 3. The van der Waals surface area contributed by atoms with Gasteiger partial charge in [-0.3, -0.25) is 4.79 Å². The van der Waals surface area contributed by atoms with Crippen LogP contribution in [0, 0.1) is 18.3 Å². The Morgan fingerprint density at radius 2 is 2.19 bits per heavy atom. The van der Waals surface area contributed by atoms with E-state index in [-0.39, 0.29) is 29.7 Å². The molecular weight excluding hydrogens is 204 g/mol. The first-order valence-corrected chi connectivity index (χ1v) is 5.75. The average molecular weight is 224 g/mol. The van der Waals surface area contributed by atoms with Crippen LogP contribution >= 0.6 is 0 Å². The molecule has 0 bridgehead atoms. The van der Waals surface area contributed by atoms with Crippen LogP contribution in [-0.2, 0) is 14.3 Å². The maximum atomic E-state index is 11.0. The van der Waals surface area contributed by atoms with Crippen LogP contribution in [0.2, 0.25) is 0 Å². The van der Waals surface area contributed by atoms with E-state index in [9.17, 15) is 4.79 Å². The second kappa shape index (κ2) is 4.88. The van der Waals surface area contributed by atoms with E-state index >= 15 is 0 Å². The molecule has 1 saturated heterocycles. The monoisotopic (exact) mass is 224 g/mol. The minimum absolute atomic E-state index is 0.0906. The number of terminal acetylenes is 1.